The van der Waals surface area contributed by atoms with E-state index in [9.17, 15) is 0 Å². The van der Waals surface area contributed by atoms with E-state index in [2.05, 4.69) is 61.3 Å². The Morgan fingerprint density at radius 2 is 1.67 bits per heavy atom. The quantitative estimate of drug-likeness (QED) is 0.555. The van der Waals surface area contributed by atoms with Crippen LogP contribution >= 0.6 is 18.9 Å². The molecule has 0 atom stereocenters. The van der Waals surface area contributed by atoms with Gasteiger partial charge in [0, 0.05) is 0 Å². The van der Waals surface area contributed by atoms with Gasteiger partial charge < -0.3 is 0 Å². The van der Waals surface area contributed by atoms with Crippen LogP contribution < -0.4 is 3.69 Å². The minimum absolute atomic E-state index is 0.0270. The first-order valence-electron chi connectivity index (χ1n) is 3.94. The first kappa shape index (κ1) is 8.78. The highest BCUT2D eigenvalue weighted by atomic mass is 127. The van der Waals surface area contributed by atoms with E-state index < -0.39 is 0 Å². The van der Waals surface area contributed by atoms with Gasteiger partial charge in [-0.25, -0.2) is 0 Å². The highest BCUT2D eigenvalue weighted by Crippen LogP contribution is 2.10. The van der Waals surface area contributed by atoms with Gasteiger partial charge in [-0.05, 0) is 10.8 Å². The van der Waals surface area contributed by atoms with E-state index in [0.29, 0.717) is 0 Å². The van der Waals surface area contributed by atoms with Crippen molar-refractivity contribution in [2.45, 2.75) is 0 Å². The molecule has 0 heterocycles. The second-order valence-corrected chi connectivity index (χ2v) is 6.19. The van der Waals surface area contributed by atoms with Gasteiger partial charge in [-0.1, -0.05) is 42.5 Å². The van der Waals surface area contributed by atoms with E-state index in [0.717, 1.165) is 0 Å². The highest BCUT2D eigenvalue weighted by Gasteiger charge is 1.95. The van der Waals surface area contributed by atoms with Gasteiger partial charge in [-0.3, -0.25) is 18.9 Å². The lowest BCUT2D eigenvalue weighted by atomic mass is 10.1. The number of fused-ring (bicyclic) bond motifs is 1. The molecule has 2 rings (SSSR count). The smallest absolute Gasteiger partial charge is 0.291 e. The Morgan fingerprint density at radius 1 is 0.917 bits per heavy atom. The summed E-state index contributed by atoms with van der Waals surface area (Å²) in [6.07, 6.45) is 0. The van der Waals surface area contributed by atoms with Crippen molar-refractivity contribution in [3.63, 3.8) is 0 Å². The van der Waals surface area contributed by atoms with E-state index in [1.807, 2.05) is 0 Å². The van der Waals surface area contributed by atoms with Gasteiger partial charge in [0.25, 0.3) is 0 Å². The Labute approximate surface area is 91.5 Å². The van der Waals surface area contributed by atoms with Crippen LogP contribution in [0.25, 0.3) is 10.8 Å². The largest absolute Gasteiger partial charge is 0.502 e. The number of hydrogen-bond acceptors (Lipinski definition) is 0. The SMILES string of the molecule is [I][Mg][c]1ccc2ccccc2c1. The van der Waals surface area contributed by atoms with E-state index >= 15 is 0 Å². The van der Waals surface area contributed by atoms with Crippen molar-refractivity contribution in [2.24, 2.45) is 0 Å². The van der Waals surface area contributed by atoms with Crippen molar-refractivity contribution < 1.29 is 0 Å². The second-order valence-electron chi connectivity index (χ2n) is 2.82. The summed E-state index contributed by atoms with van der Waals surface area (Å²) in [5.41, 5.74) is 0. The Hall–Kier alpha value is 0.196. The zero-order chi connectivity index (χ0) is 8.39. The fourth-order valence-electron chi connectivity index (χ4n) is 1.32. The molecule has 0 spiro atoms. The van der Waals surface area contributed by atoms with E-state index in [-0.39, 0.29) is 16.5 Å². The third-order valence-corrected chi connectivity index (χ3v) is 5.36. The highest BCUT2D eigenvalue weighted by molar-refractivity contribution is 14.1. The third kappa shape index (κ3) is 1.75. The van der Waals surface area contributed by atoms with Crippen molar-refractivity contribution in [2.75, 3.05) is 0 Å². The van der Waals surface area contributed by atoms with Crippen LogP contribution in [-0.2, 0) is 0 Å². The summed E-state index contributed by atoms with van der Waals surface area (Å²) < 4.78 is 1.54. The van der Waals surface area contributed by atoms with Crippen LogP contribution in [0, 0.1) is 0 Å². The van der Waals surface area contributed by atoms with Crippen molar-refractivity contribution >= 4 is 49.8 Å². The Bertz CT molecular complexity index is 398. The van der Waals surface area contributed by atoms with Crippen molar-refractivity contribution in [3.05, 3.63) is 42.5 Å². The monoisotopic (exact) mass is 278 g/mol. The second kappa shape index (κ2) is 3.94. The molecule has 0 unspecified atom stereocenters. The van der Waals surface area contributed by atoms with Crippen LogP contribution in [-0.4, -0.2) is 16.5 Å². The summed E-state index contributed by atoms with van der Waals surface area (Å²) in [7, 11) is 0. The molecule has 2 heteroatoms. The van der Waals surface area contributed by atoms with Gasteiger partial charge in [0.1, 0.15) is 0 Å². The molecule has 0 radical (unpaired) electrons. The summed E-state index contributed by atoms with van der Waals surface area (Å²) in [4.78, 5) is 0. The van der Waals surface area contributed by atoms with Crippen LogP contribution in [0.1, 0.15) is 0 Å². The van der Waals surface area contributed by atoms with Gasteiger partial charge in [0.15, 0.2) is 0 Å². The number of hydrogen-bond donors (Lipinski definition) is 0. The van der Waals surface area contributed by atoms with Crippen molar-refractivity contribution in [3.8, 4) is 0 Å². The molecule has 0 nitrogen and oxygen atoms in total. The molecule has 2 aromatic rings. The molecule has 0 aliphatic heterocycles. The lowest BCUT2D eigenvalue weighted by Gasteiger charge is -1.99. The molecule has 12 heavy (non-hydrogen) atoms. The summed E-state index contributed by atoms with van der Waals surface area (Å²) in [5, 5.41) is 2.72. The molecular weight excluding hydrogens is 271 g/mol. The van der Waals surface area contributed by atoms with Crippen LogP contribution in [0.4, 0.5) is 0 Å². The van der Waals surface area contributed by atoms with Crippen molar-refractivity contribution in [1.82, 2.24) is 0 Å². The van der Waals surface area contributed by atoms with Gasteiger partial charge in [0.2, 0.25) is 0 Å². The summed E-state index contributed by atoms with van der Waals surface area (Å²) in [6.45, 7) is 0. The van der Waals surface area contributed by atoms with Crippen LogP contribution in [0.3, 0.4) is 0 Å². The fraction of sp³-hybridized carbons (Fsp3) is 0. The average molecular weight is 278 g/mol. The van der Waals surface area contributed by atoms with Gasteiger partial charge in [-0.15, -0.1) is 0 Å². The summed E-state index contributed by atoms with van der Waals surface area (Å²) in [6, 6.07) is 15.3. The normalized spacial score (nSPS) is 9.75. The average Bonchev–Trinajstić information content (AvgIpc) is 2.17. The molecule has 0 aromatic heterocycles. The molecule has 0 amide bonds. The van der Waals surface area contributed by atoms with Gasteiger partial charge in [-0.2, -0.15) is 3.69 Å². The van der Waals surface area contributed by atoms with Crippen LogP contribution in [0.2, 0.25) is 0 Å². The maximum atomic E-state index is 2.52. The molecule has 0 bridgehead atoms. The molecule has 0 N–H and O–H groups in total. The molecule has 0 saturated carbocycles. The van der Waals surface area contributed by atoms with E-state index in [4.69, 9.17) is 0 Å². The van der Waals surface area contributed by atoms with E-state index in [1.165, 1.54) is 14.5 Å². The van der Waals surface area contributed by atoms with Crippen molar-refractivity contribution in [1.29, 1.82) is 0 Å². The molecule has 0 aliphatic rings. The topological polar surface area (TPSA) is 0 Å². The van der Waals surface area contributed by atoms with Gasteiger partial charge in [0.05, 0.1) is 0 Å². The molecule has 2 aromatic carbocycles. The van der Waals surface area contributed by atoms with Crippen LogP contribution in [0.15, 0.2) is 42.5 Å². The summed E-state index contributed by atoms with van der Waals surface area (Å²) >= 11 is 2.50. The predicted molar refractivity (Wildman–Crippen MR) is 63.4 cm³/mol. The zero-order valence-electron chi connectivity index (χ0n) is 6.63. The molecule has 0 saturated heterocycles. The fourth-order valence-corrected chi connectivity index (χ4v) is 3.25. The zero-order valence-corrected chi connectivity index (χ0v) is 10.2. The van der Waals surface area contributed by atoms with Gasteiger partial charge >= 0.3 is 16.5 Å². The minimum Gasteiger partial charge on any atom is -0.291 e. The molecular formula is C10H7IMg. The number of benzene rings is 2. The lowest BCUT2D eigenvalue weighted by molar-refractivity contribution is 1.78. The number of rotatable bonds is 1. The molecule has 0 fully saturated rings. The summed E-state index contributed by atoms with van der Waals surface area (Å²) in [5.74, 6) is 0. The maximum absolute atomic E-state index is 2.52. The predicted octanol–water partition coefficient (Wildman–Crippen LogP) is 2.52. The first-order valence-corrected chi connectivity index (χ1v) is 9.75. The lowest BCUT2D eigenvalue weighted by Crippen LogP contribution is -2.06. The Kier molecular flexibility index (Phi) is 2.88. The minimum atomic E-state index is -0.0270. The number of halogens is 1. The standard InChI is InChI=1S/C10H7.HI.Mg/c1-2-6-10-8-4-3-7-9(10)5-1;;/h1-3,5-8H;1H;/q;;+1/p-1. The van der Waals surface area contributed by atoms with Crippen LogP contribution in [0.5, 0.6) is 0 Å². The third-order valence-electron chi connectivity index (χ3n) is 1.97. The first-order chi connectivity index (χ1) is 5.90. The maximum Gasteiger partial charge on any atom is 0.502 e. The molecule has 0 aliphatic carbocycles. The van der Waals surface area contributed by atoms with E-state index in [1.54, 1.807) is 0 Å². The Balaban J connectivity index is 2.67. The Morgan fingerprint density at radius 3 is 2.42 bits per heavy atom. The molecule has 56 valence electrons.